The SMILES string of the molecule is O=C(N1CCC[C@@H](N2CCN(c3ccccc3)CC2)C1)C1(O)CCCCC1. The number of aliphatic hydroxyl groups is 1. The second-order valence-corrected chi connectivity index (χ2v) is 8.50. The second-order valence-electron chi connectivity index (χ2n) is 8.50. The molecule has 0 bridgehead atoms. The molecule has 1 N–H and O–H groups in total. The van der Waals surface area contributed by atoms with E-state index in [1.807, 2.05) is 4.90 Å². The van der Waals surface area contributed by atoms with Crippen LogP contribution < -0.4 is 4.90 Å². The van der Waals surface area contributed by atoms with Gasteiger partial charge in [-0.3, -0.25) is 9.69 Å². The maximum atomic E-state index is 13.0. The van der Waals surface area contributed by atoms with Gasteiger partial charge in [0.2, 0.25) is 0 Å². The molecule has 148 valence electrons. The summed E-state index contributed by atoms with van der Waals surface area (Å²) < 4.78 is 0. The smallest absolute Gasteiger partial charge is 0.254 e. The van der Waals surface area contributed by atoms with Crippen LogP contribution in [-0.4, -0.2) is 71.7 Å². The number of amides is 1. The van der Waals surface area contributed by atoms with E-state index in [-0.39, 0.29) is 5.91 Å². The first-order chi connectivity index (χ1) is 13.2. The zero-order chi connectivity index (χ0) is 18.7. The number of hydrogen-bond acceptors (Lipinski definition) is 4. The summed E-state index contributed by atoms with van der Waals surface area (Å²) in [6, 6.07) is 11.1. The van der Waals surface area contributed by atoms with Gasteiger partial charge < -0.3 is 14.9 Å². The Hall–Kier alpha value is -1.59. The highest BCUT2D eigenvalue weighted by Crippen LogP contribution is 2.31. The molecular formula is C22H33N3O2. The van der Waals surface area contributed by atoms with Crippen LogP contribution in [0.15, 0.2) is 30.3 Å². The first-order valence-corrected chi connectivity index (χ1v) is 10.7. The van der Waals surface area contributed by atoms with E-state index >= 15 is 0 Å². The summed E-state index contributed by atoms with van der Waals surface area (Å²) in [4.78, 5) is 20.0. The minimum absolute atomic E-state index is 0.00479. The molecule has 0 radical (unpaired) electrons. The predicted molar refractivity (Wildman–Crippen MR) is 108 cm³/mol. The van der Waals surface area contributed by atoms with Crippen molar-refractivity contribution in [3.05, 3.63) is 30.3 Å². The molecule has 4 rings (SSSR count). The number of carbonyl (C=O) groups excluding carboxylic acids is 1. The van der Waals surface area contributed by atoms with E-state index in [1.165, 1.54) is 5.69 Å². The van der Waals surface area contributed by atoms with Gasteiger partial charge in [0.1, 0.15) is 5.60 Å². The Bertz CT molecular complexity index is 622. The topological polar surface area (TPSA) is 47.0 Å². The Morgan fingerprint density at radius 3 is 2.33 bits per heavy atom. The maximum Gasteiger partial charge on any atom is 0.254 e. The number of hydrogen-bond donors (Lipinski definition) is 1. The van der Waals surface area contributed by atoms with Crippen molar-refractivity contribution >= 4 is 11.6 Å². The van der Waals surface area contributed by atoms with Gasteiger partial charge in [0.15, 0.2) is 0 Å². The van der Waals surface area contributed by atoms with Gasteiger partial charge in [-0.25, -0.2) is 0 Å². The largest absolute Gasteiger partial charge is 0.380 e. The van der Waals surface area contributed by atoms with E-state index in [2.05, 4.69) is 40.1 Å². The van der Waals surface area contributed by atoms with Gasteiger partial charge in [-0.15, -0.1) is 0 Å². The van der Waals surface area contributed by atoms with Crippen molar-refractivity contribution in [1.82, 2.24) is 9.80 Å². The Labute approximate surface area is 162 Å². The maximum absolute atomic E-state index is 13.0. The van der Waals surface area contributed by atoms with E-state index in [4.69, 9.17) is 0 Å². The number of piperidine rings is 1. The molecule has 0 aromatic heterocycles. The third-order valence-electron chi connectivity index (χ3n) is 6.71. The minimum Gasteiger partial charge on any atom is -0.380 e. The number of para-hydroxylation sites is 1. The summed E-state index contributed by atoms with van der Waals surface area (Å²) in [5.41, 5.74) is 0.212. The van der Waals surface area contributed by atoms with E-state index < -0.39 is 5.60 Å². The molecule has 5 nitrogen and oxygen atoms in total. The summed E-state index contributed by atoms with van der Waals surface area (Å²) in [6.45, 7) is 5.77. The Morgan fingerprint density at radius 1 is 0.926 bits per heavy atom. The van der Waals surface area contributed by atoms with Gasteiger partial charge in [-0.1, -0.05) is 37.5 Å². The molecule has 1 amide bonds. The van der Waals surface area contributed by atoms with E-state index in [9.17, 15) is 9.90 Å². The molecular weight excluding hydrogens is 338 g/mol. The van der Waals surface area contributed by atoms with Gasteiger partial charge >= 0.3 is 0 Å². The third-order valence-corrected chi connectivity index (χ3v) is 6.71. The Balaban J connectivity index is 1.33. The summed E-state index contributed by atoms with van der Waals surface area (Å²) >= 11 is 0. The molecule has 1 aromatic rings. The summed E-state index contributed by atoms with van der Waals surface area (Å²) in [5, 5.41) is 10.8. The number of likely N-dealkylation sites (tertiary alicyclic amines) is 1. The zero-order valence-corrected chi connectivity index (χ0v) is 16.4. The van der Waals surface area contributed by atoms with Gasteiger partial charge in [-0.2, -0.15) is 0 Å². The second kappa shape index (κ2) is 8.19. The molecule has 1 atom stereocenters. The van der Waals surface area contributed by atoms with Crippen molar-refractivity contribution in [2.24, 2.45) is 0 Å². The number of nitrogens with zero attached hydrogens (tertiary/aromatic N) is 3. The first-order valence-electron chi connectivity index (χ1n) is 10.7. The average molecular weight is 372 g/mol. The average Bonchev–Trinajstić information content (AvgIpc) is 2.74. The van der Waals surface area contributed by atoms with E-state index in [1.54, 1.807) is 0 Å². The molecule has 0 unspecified atom stereocenters. The lowest BCUT2D eigenvalue weighted by molar-refractivity contribution is -0.157. The van der Waals surface area contributed by atoms with Gasteiger partial charge in [0.25, 0.3) is 5.91 Å². The fourth-order valence-corrected chi connectivity index (χ4v) is 5.07. The van der Waals surface area contributed by atoms with E-state index in [0.717, 1.165) is 71.4 Å². The van der Waals surface area contributed by atoms with E-state index in [0.29, 0.717) is 18.9 Å². The summed E-state index contributed by atoms with van der Waals surface area (Å²) in [7, 11) is 0. The number of benzene rings is 1. The number of anilines is 1. The molecule has 27 heavy (non-hydrogen) atoms. The van der Waals surface area contributed by atoms with Crippen LogP contribution in [0.5, 0.6) is 0 Å². The number of rotatable bonds is 3. The molecule has 1 saturated carbocycles. The summed E-state index contributed by atoms with van der Waals surface area (Å²) in [6.07, 6.45) is 6.58. The quantitative estimate of drug-likeness (QED) is 0.887. The van der Waals surface area contributed by atoms with Crippen LogP contribution in [0.4, 0.5) is 5.69 Å². The molecule has 2 heterocycles. The fourth-order valence-electron chi connectivity index (χ4n) is 5.07. The van der Waals surface area contributed by atoms with Crippen LogP contribution in [0.1, 0.15) is 44.9 Å². The van der Waals surface area contributed by atoms with Crippen LogP contribution in [0, 0.1) is 0 Å². The van der Waals surface area contributed by atoms with Crippen LogP contribution in [-0.2, 0) is 4.79 Å². The molecule has 1 aromatic carbocycles. The highest BCUT2D eigenvalue weighted by Gasteiger charge is 2.41. The highest BCUT2D eigenvalue weighted by molar-refractivity contribution is 5.85. The lowest BCUT2D eigenvalue weighted by Gasteiger charge is -2.45. The van der Waals surface area contributed by atoms with Gasteiger partial charge in [0, 0.05) is 51.0 Å². The number of carbonyl (C=O) groups is 1. The van der Waals surface area contributed by atoms with Crippen LogP contribution >= 0.6 is 0 Å². The normalized spacial score (nSPS) is 26.8. The van der Waals surface area contributed by atoms with Crippen LogP contribution in [0.2, 0.25) is 0 Å². The molecule has 2 saturated heterocycles. The highest BCUT2D eigenvalue weighted by atomic mass is 16.3. The van der Waals surface area contributed by atoms with Crippen molar-refractivity contribution in [2.45, 2.75) is 56.6 Å². The van der Waals surface area contributed by atoms with Crippen molar-refractivity contribution in [1.29, 1.82) is 0 Å². The minimum atomic E-state index is -1.09. The summed E-state index contributed by atoms with van der Waals surface area (Å²) in [5.74, 6) is -0.00479. The molecule has 2 aliphatic heterocycles. The van der Waals surface area contributed by atoms with Crippen molar-refractivity contribution in [3.8, 4) is 0 Å². The third kappa shape index (κ3) is 4.14. The molecule has 3 aliphatic rings. The van der Waals surface area contributed by atoms with Crippen molar-refractivity contribution < 1.29 is 9.90 Å². The predicted octanol–water partition coefficient (Wildman–Crippen LogP) is 2.49. The zero-order valence-electron chi connectivity index (χ0n) is 16.4. The van der Waals surface area contributed by atoms with Gasteiger partial charge in [0.05, 0.1) is 0 Å². The standard InChI is InChI=1S/C22H33N3O2/c26-21(22(27)11-5-2-6-12-22)25-13-7-10-20(18-25)24-16-14-23(15-17-24)19-8-3-1-4-9-19/h1,3-4,8-9,20,27H,2,5-7,10-18H2/t20-/m1/s1. The van der Waals surface area contributed by atoms with Crippen LogP contribution in [0.3, 0.4) is 0 Å². The molecule has 1 aliphatic carbocycles. The Morgan fingerprint density at radius 2 is 1.63 bits per heavy atom. The first kappa shape index (κ1) is 18.8. The lowest BCUT2D eigenvalue weighted by atomic mass is 9.83. The Kier molecular flexibility index (Phi) is 5.69. The molecule has 0 spiro atoms. The van der Waals surface area contributed by atoms with Crippen molar-refractivity contribution in [2.75, 3.05) is 44.2 Å². The van der Waals surface area contributed by atoms with Crippen molar-refractivity contribution in [3.63, 3.8) is 0 Å². The number of piperazine rings is 1. The fraction of sp³-hybridized carbons (Fsp3) is 0.682. The van der Waals surface area contributed by atoms with Crippen LogP contribution in [0.25, 0.3) is 0 Å². The monoisotopic (exact) mass is 371 g/mol. The van der Waals surface area contributed by atoms with Gasteiger partial charge in [-0.05, 0) is 37.8 Å². The molecule has 5 heteroatoms. The molecule has 3 fully saturated rings. The lowest BCUT2D eigenvalue weighted by Crippen LogP contribution is -2.59.